The highest BCUT2D eigenvalue weighted by atomic mass is 32.1. The molecule has 0 saturated heterocycles. The number of benzene rings is 6. The number of allylic oxidation sites excluding steroid dienone is 2. The number of thiophene rings is 4. The third-order valence-corrected chi connectivity index (χ3v) is 19.7. The topological polar surface area (TPSA) is 74.8 Å². The number of aryl methyl sites for hydroxylation is 6. The Kier molecular flexibility index (Phi) is 10.9. The van der Waals surface area contributed by atoms with Crippen LogP contribution in [-0.2, 0) is 0 Å². The minimum atomic E-state index is 0.511. The van der Waals surface area contributed by atoms with Gasteiger partial charge in [0.25, 0.3) is 0 Å². The van der Waals surface area contributed by atoms with Gasteiger partial charge in [-0.25, -0.2) is 9.98 Å². The van der Waals surface area contributed by atoms with Gasteiger partial charge in [0.1, 0.15) is 0 Å². The van der Waals surface area contributed by atoms with Crippen molar-refractivity contribution in [2.24, 2.45) is 9.98 Å². The Bertz CT molecular complexity index is 4280. The van der Waals surface area contributed by atoms with Crippen molar-refractivity contribution in [3.8, 4) is 32.6 Å². The fourth-order valence-corrected chi connectivity index (χ4v) is 16.1. The quantitative estimate of drug-likeness (QED) is 0.174. The van der Waals surface area contributed by atoms with E-state index in [9.17, 15) is 0 Å². The Hall–Kier alpha value is -8.38. The van der Waals surface area contributed by atoms with Gasteiger partial charge in [-0.15, -0.1) is 45.3 Å². The van der Waals surface area contributed by atoms with Crippen LogP contribution in [0.1, 0.15) is 65.6 Å². The Morgan fingerprint density at radius 2 is 0.692 bits per heavy atom. The molecule has 15 rings (SSSR count). The van der Waals surface area contributed by atoms with Crippen LogP contribution in [0.5, 0.6) is 11.8 Å². The normalized spacial score (nSPS) is 14.4. The molecule has 3 aliphatic heterocycles. The predicted octanol–water partition coefficient (Wildman–Crippen LogP) is 19.4. The average Bonchev–Trinajstić information content (AvgIpc) is 4.48. The minimum Gasteiger partial charge on any atom is -0.421 e. The van der Waals surface area contributed by atoms with Crippen LogP contribution >= 0.6 is 45.3 Å². The maximum absolute atomic E-state index is 7.53. The van der Waals surface area contributed by atoms with Crippen LogP contribution in [0, 0.1) is 41.5 Å². The molecule has 9 heterocycles. The van der Waals surface area contributed by atoms with Gasteiger partial charge in [0.2, 0.25) is 23.6 Å². The zero-order valence-corrected chi connectivity index (χ0v) is 46.8. The molecule has 0 saturated carbocycles. The van der Waals surface area contributed by atoms with Gasteiger partial charge >= 0.3 is 0 Å². The van der Waals surface area contributed by atoms with Crippen LogP contribution in [-0.4, -0.2) is 21.8 Å². The second-order valence-electron chi connectivity index (χ2n) is 20.7. The third kappa shape index (κ3) is 7.84. The van der Waals surface area contributed by atoms with Crippen LogP contribution < -0.4 is 9.47 Å². The molecule has 376 valence electrons. The monoisotopic (exact) mass is 1080 g/mol. The van der Waals surface area contributed by atoms with E-state index in [1.165, 1.54) is 51.5 Å². The van der Waals surface area contributed by atoms with Gasteiger partial charge in [-0.3, -0.25) is 0 Å². The number of fused-ring (bicyclic) bond motifs is 10. The van der Waals surface area contributed by atoms with E-state index in [2.05, 4.69) is 221 Å². The number of rotatable bonds is 6. The molecule has 6 aromatic carbocycles. The van der Waals surface area contributed by atoms with Gasteiger partial charge in [0.05, 0.1) is 45.1 Å². The molecule has 0 unspecified atom stereocenters. The number of aliphatic imine (C=N–C) groups is 2. The molecule has 0 radical (unpaired) electrons. The molecule has 2 N–H and O–H groups in total. The SMILES string of the molecule is Cc1cc(C)c(C2=C3C=C(c4cc5ccccc5s4)C(=N3)Oc3[nH]c(cc3-c3cc4ccccc4s3)C(c3c(C)cc(C)cc3C)=C3C=C(c4cc5ccccc5s4)C(=N3)Oc3[nH]c2cc3-c2cc3ccccc3s2)c(C)c1. The maximum atomic E-state index is 7.53. The summed E-state index contributed by atoms with van der Waals surface area (Å²) in [7, 11) is 0. The van der Waals surface area contributed by atoms with E-state index in [0.29, 0.717) is 23.6 Å². The largest absolute Gasteiger partial charge is 0.421 e. The van der Waals surface area contributed by atoms with Crippen molar-refractivity contribution in [3.05, 3.63) is 247 Å². The van der Waals surface area contributed by atoms with Gasteiger partial charge in [0.15, 0.2) is 0 Å². The number of aromatic amines is 2. The highest BCUT2D eigenvalue weighted by Crippen LogP contribution is 2.49. The molecule has 0 aliphatic carbocycles. The number of hydrogen-bond acceptors (Lipinski definition) is 8. The summed E-state index contributed by atoms with van der Waals surface area (Å²) >= 11 is 7.02. The molecule has 0 fully saturated rings. The second kappa shape index (κ2) is 18.1. The Morgan fingerprint density at radius 1 is 0.372 bits per heavy atom. The molecular formula is C68H48N4O2S4. The van der Waals surface area contributed by atoms with E-state index in [-0.39, 0.29) is 0 Å². The molecule has 6 nitrogen and oxygen atoms in total. The van der Waals surface area contributed by atoms with Crippen LogP contribution in [0.3, 0.4) is 0 Å². The smallest absolute Gasteiger partial charge is 0.230 e. The molecule has 3 aliphatic rings. The van der Waals surface area contributed by atoms with Crippen LogP contribution in [0.4, 0.5) is 0 Å². The summed E-state index contributed by atoms with van der Waals surface area (Å²) in [6, 6.07) is 57.0. The molecular weight excluding hydrogens is 1030 g/mol. The predicted molar refractivity (Wildman–Crippen MR) is 332 cm³/mol. The first-order chi connectivity index (χ1) is 38.0. The summed E-state index contributed by atoms with van der Waals surface area (Å²) in [6.07, 6.45) is 4.47. The lowest BCUT2D eigenvalue weighted by atomic mass is 9.90. The van der Waals surface area contributed by atoms with Crippen molar-refractivity contribution in [1.29, 1.82) is 0 Å². The van der Waals surface area contributed by atoms with Gasteiger partial charge in [0, 0.05) is 49.5 Å². The third-order valence-electron chi connectivity index (χ3n) is 15.1. The molecule has 6 aromatic heterocycles. The lowest BCUT2D eigenvalue weighted by Gasteiger charge is -2.16. The highest BCUT2D eigenvalue weighted by molar-refractivity contribution is 7.23. The van der Waals surface area contributed by atoms with E-state index in [1.807, 2.05) is 0 Å². The summed E-state index contributed by atoms with van der Waals surface area (Å²) < 4.78 is 19.8. The first-order valence-corrected chi connectivity index (χ1v) is 29.3. The first-order valence-electron chi connectivity index (χ1n) is 26.1. The first kappa shape index (κ1) is 46.9. The molecule has 78 heavy (non-hydrogen) atoms. The van der Waals surface area contributed by atoms with Crippen molar-refractivity contribution in [2.45, 2.75) is 41.5 Å². The lowest BCUT2D eigenvalue weighted by molar-refractivity contribution is 0.540. The summed E-state index contributed by atoms with van der Waals surface area (Å²) in [4.78, 5) is 23.5. The highest BCUT2D eigenvalue weighted by Gasteiger charge is 2.33. The number of nitrogens with one attached hydrogen (secondary N) is 2. The summed E-state index contributed by atoms with van der Waals surface area (Å²) in [5, 5.41) is 4.69. The van der Waals surface area contributed by atoms with Crippen molar-refractivity contribution in [2.75, 3.05) is 0 Å². The molecule has 8 bridgehead atoms. The van der Waals surface area contributed by atoms with E-state index >= 15 is 0 Å². The van der Waals surface area contributed by atoms with Crippen LogP contribution in [0.2, 0.25) is 0 Å². The zero-order valence-electron chi connectivity index (χ0n) is 43.5. The zero-order chi connectivity index (χ0) is 52.5. The number of H-pyrrole nitrogens is 2. The lowest BCUT2D eigenvalue weighted by Crippen LogP contribution is -2.09. The maximum Gasteiger partial charge on any atom is 0.230 e. The van der Waals surface area contributed by atoms with Gasteiger partial charge in [-0.05, 0) is 169 Å². The van der Waals surface area contributed by atoms with E-state index in [4.69, 9.17) is 19.5 Å². The number of ether oxygens (including phenoxy) is 2. The Morgan fingerprint density at radius 3 is 1.04 bits per heavy atom. The van der Waals surface area contributed by atoms with E-state index in [1.54, 1.807) is 45.3 Å². The Balaban J connectivity index is 1.07. The van der Waals surface area contributed by atoms with E-state index < -0.39 is 0 Å². The minimum absolute atomic E-state index is 0.511. The second-order valence-corrected chi connectivity index (χ2v) is 25.0. The van der Waals surface area contributed by atoms with E-state index in [0.717, 1.165) is 109 Å². The van der Waals surface area contributed by atoms with Crippen LogP contribution in [0.25, 0.3) is 83.5 Å². The number of hydrogen-bond donors (Lipinski definition) is 2. The van der Waals surface area contributed by atoms with Crippen molar-refractivity contribution < 1.29 is 9.47 Å². The molecule has 0 amide bonds. The summed E-state index contributed by atoms with van der Waals surface area (Å²) in [5.41, 5.74) is 18.1. The van der Waals surface area contributed by atoms with Gasteiger partial charge < -0.3 is 19.4 Å². The standard InChI is InChI=1S/C68H48N4O2S4/c1-35-23-37(3)61(38(4)24-35)63-49-31-45(57-27-41-15-7-11-19-53(41)75-57)65(69-49)73-67-47(59-29-43-17-9-13-21-55(43)77-59)33-51(71-67)64(62-39(5)25-36(2)26-40(62)6)52-34-48(60-30-44-18-10-14-22-56(44)78-60)68(72-52)74-66-46(32-50(63)70-66)58-28-42-16-8-12-20-54(42)76-58/h7-34,69,72H,1-6H3. The Labute approximate surface area is 467 Å². The summed E-state index contributed by atoms with van der Waals surface area (Å²) in [6.45, 7) is 13.2. The number of aromatic nitrogens is 2. The average molecular weight is 1080 g/mol. The van der Waals surface area contributed by atoms with Gasteiger partial charge in [-0.1, -0.05) is 108 Å². The summed E-state index contributed by atoms with van der Waals surface area (Å²) in [5.74, 6) is 2.22. The van der Waals surface area contributed by atoms with Crippen molar-refractivity contribution in [1.82, 2.24) is 9.97 Å². The molecule has 0 atom stereocenters. The fourth-order valence-electron chi connectivity index (χ4n) is 11.8. The number of nitrogens with zero attached hydrogens (tertiary/aromatic N) is 2. The molecule has 10 heteroatoms. The fraction of sp³-hybridized carbons (Fsp3) is 0.0882. The van der Waals surface area contributed by atoms with Crippen molar-refractivity contribution >= 4 is 120 Å². The van der Waals surface area contributed by atoms with Gasteiger partial charge in [-0.2, -0.15) is 0 Å². The van der Waals surface area contributed by atoms with Crippen molar-refractivity contribution in [3.63, 3.8) is 0 Å². The van der Waals surface area contributed by atoms with Crippen LogP contribution in [0.15, 0.2) is 191 Å². The molecule has 0 spiro atoms. The molecule has 12 aromatic rings.